The Morgan fingerprint density at radius 2 is 2.14 bits per heavy atom. The standard InChI is InChI=1S/C15H23N3O4/c1-10-11-6-8-18(9-12(11)22-17-10)13(19)5-7-16-14(20)21-15(2,3)4/h5-9H2,1-4H3,(H,16,20). The van der Waals surface area contributed by atoms with Gasteiger partial charge in [-0.05, 0) is 34.1 Å². The smallest absolute Gasteiger partial charge is 0.407 e. The third-order valence-corrected chi connectivity index (χ3v) is 3.39. The lowest BCUT2D eigenvalue weighted by molar-refractivity contribution is -0.132. The number of aryl methyl sites for hydroxylation is 1. The molecule has 1 aliphatic rings. The fraction of sp³-hybridized carbons (Fsp3) is 0.667. The number of fused-ring (bicyclic) bond motifs is 1. The highest BCUT2D eigenvalue weighted by Crippen LogP contribution is 2.21. The zero-order valence-electron chi connectivity index (χ0n) is 13.6. The predicted octanol–water partition coefficient (Wildman–Crippen LogP) is 1.78. The number of alkyl carbamates (subject to hydrolysis) is 1. The molecule has 0 spiro atoms. The van der Waals surface area contributed by atoms with Crippen LogP contribution in [0.3, 0.4) is 0 Å². The van der Waals surface area contributed by atoms with E-state index in [1.165, 1.54) is 0 Å². The molecule has 2 heterocycles. The Morgan fingerprint density at radius 1 is 1.41 bits per heavy atom. The van der Waals surface area contributed by atoms with Gasteiger partial charge >= 0.3 is 6.09 Å². The van der Waals surface area contributed by atoms with Crippen molar-refractivity contribution in [1.82, 2.24) is 15.4 Å². The highest BCUT2D eigenvalue weighted by molar-refractivity contribution is 5.77. The molecule has 7 nitrogen and oxygen atoms in total. The fourth-order valence-electron chi connectivity index (χ4n) is 2.34. The van der Waals surface area contributed by atoms with Gasteiger partial charge in [0, 0.05) is 25.1 Å². The number of nitrogens with one attached hydrogen (secondary N) is 1. The topological polar surface area (TPSA) is 84.7 Å². The van der Waals surface area contributed by atoms with Crippen molar-refractivity contribution in [2.45, 2.75) is 52.7 Å². The Bertz CT molecular complexity index is 560. The summed E-state index contributed by atoms with van der Waals surface area (Å²) in [4.78, 5) is 25.4. The van der Waals surface area contributed by atoms with E-state index in [0.717, 1.165) is 23.4 Å². The number of hydrogen-bond acceptors (Lipinski definition) is 5. The van der Waals surface area contributed by atoms with Gasteiger partial charge in [0.05, 0.1) is 12.2 Å². The van der Waals surface area contributed by atoms with Crippen LogP contribution in [0.4, 0.5) is 4.79 Å². The van der Waals surface area contributed by atoms with Gasteiger partial charge in [-0.2, -0.15) is 0 Å². The molecule has 0 saturated carbocycles. The average Bonchev–Trinajstić information content (AvgIpc) is 2.78. The van der Waals surface area contributed by atoms with E-state index in [9.17, 15) is 9.59 Å². The highest BCUT2D eigenvalue weighted by Gasteiger charge is 2.25. The van der Waals surface area contributed by atoms with Crippen LogP contribution in [0, 0.1) is 6.92 Å². The van der Waals surface area contributed by atoms with Gasteiger partial charge in [0.2, 0.25) is 5.91 Å². The Hall–Kier alpha value is -2.05. The monoisotopic (exact) mass is 309 g/mol. The zero-order valence-corrected chi connectivity index (χ0v) is 13.6. The summed E-state index contributed by atoms with van der Waals surface area (Å²) in [6.07, 6.45) is 0.490. The van der Waals surface area contributed by atoms with Crippen LogP contribution < -0.4 is 5.32 Å². The maximum atomic E-state index is 12.2. The van der Waals surface area contributed by atoms with Crippen LogP contribution in [-0.4, -0.2) is 40.7 Å². The number of aromatic nitrogens is 1. The van der Waals surface area contributed by atoms with Crippen LogP contribution in [0.1, 0.15) is 44.2 Å². The number of rotatable bonds is 3. The molecule has 0 saturated heterocycles. The van der Waals surface area contributed by atoms with Crippen molar-refractivity contribution < 1.29 is 18.8 Å². The molecule has 0 atom stereocenters. The maximum Gasteiger partial charge on any atom is 0.407 e. The van der Waals surface area contributed by atoms with E-state index in [1.54, 1.807) is 25.7 Å². The van der Waals surface area contributed by atoms with E-state index < -0.39 is 11.7 Å². The van der Waals surface area contributed by atoms with Crippen molar-refractivity contribution in [3.05, 3.63) is 17.0 Å². The van der Waals surface area contributed by atoms with Crippen LogP contribution in [0.15, 0.2) is 4.52 Å². The third-order valence-electron chi connectivity index (χ3n) is 3.39. The minimum atomic E-state index is -0.540. The normalized spacial score (nSPS) is 14.5. The first kappa shape index (κ1) is 16.3. The summed E-state index contributed by atoms with van der Waals surface area (Å²) in [5, 5.41) is 6.51. The van der Waals surface area contributed by atoms with Gasteiger partial charge in [0.15, 0.2) is 5.76 Å². The SMILES string of the molecule is Cc1noc2c1CCN(C(=O)CCNC(=O)OC(C)(C)C)C2. The van der Waals surface area contributed by atoms with Gasteiger partial charge < -0.3 is 19.5 Å². The summed E-state index contributed by atoms with van der Waals surface area (Å²) in [6, 6.07) is 0. The quantitative estimate of drug-likeness (QED) is 0.920. The number of amides is 2. The first-order valence-electron chi connectivity index (χ1n) is 7.45. The second-order valence-corrected chi connectivity index (χ2v) is 6.41. The van der Waals surface area contributed by atoms with Gasteiger partial charge in [-0.3, -0.25) is 4.79 Å². The highest BCUT2D eigenvalue weighted by atomic mass is 16.6. The summed E-state index contributed by atoms with van der Waals surface area (Å²) in [5.41, 5.74) is 1.46. The van der Waals surface area contributed by atoms with Crippen molar-refractivity contribution >= 4 is 12.0 Å². The van der Waals surface area contributed by atoms with Crippen LogP contribution in [0.25, 0.3) is 0 Å². The van der Waals surface area contributed by atoms with Crippen LogP contribution in [-0.2, 0) is 22.5 Å². The molecular weight excluding hydrogens is 286 g/mol. The molecule has 122 valence electrons. The summed E-state index contributed by atoms with van der Waals surface area (Å²) in [5.74, 6) is 0.743. The predicted molar refractivity (Wildman–Crippen MR) is 79.2 cm³/mol. The van der Waals surface area contributed by atoms with E-state index >= 15 is 0 Å². The molecule has 7 heteroatoms. The molecular formula is C15H23N3O4. The second kappa shape index (κ2) is 6.37. The molecule has 22 heavy (non-hydrogen) atoms. The minimum Gasteiger partial charge on any atom is -0.444 e. The van der Waals surface area contributed by atoms with Gasteiger partial charge in [-0.25, -0.2) is 4.79 Å². The van der Waals surface area contributed by atoms with Gasteiger partial charge in [0.25, 0.3) is 0 Å². The summed E-state index contributed by atoms with van der Waals surface area (Å²) in [7, 11) is 0. The molecule has 1 aromatic rings. The van der Waals surface area contributed by atoms with Crippen LogP contribution in [0.5, 0.6) is 0 Å². The van der Waals surface area contributed by atoms with E-state index in [1.807, 2.05) is 6.92 Å². The number of nitrogens with zero attached hydrogens (tertiary/aromatic N) is 2. The lowest BCUT2D eigenvalue weighted by atomic mass is 10.1. The maximum absolute atomic E-state index is 12.2. The molecule has 0 aliphatic carbocycles. The molecule has 0 bridgehead atoms. The Balaban J connectivity index is 1.76. The lowest BCUT2D eigenvalue weighted by Crippen LogP contribution is -2.38. The summed E-state index contributed by atoms with van der Waals surface area (Å²) >= 11 is 0. The van der Waals surface area contributed by atoms with Crippen molar-refractivity contribution in [3.63, 3.8) is 0 Å². The Kier molecular flexibility index (Phi) is 4.73. The fourth-order valence-corrected chi connectivity index (χ4v) is 2.34. The van der Waals surface area contributed by atoms with Gasteiger partial charge in [-0.15, -0.1) is 0 Å². The van der Waals surface area contributed by atoms with Gasteiger partial charge in [-0.1, -0.05) is 5.16 Å². The number of hydrogen-bond donors (Lipinski definition) is 1. The molecule has 0 fully saturated rings. The Labute approximate surface area is 130 Å². The molecule has 1 N–H and O–H groups in total. The number of carbonyl (C=O) groups excluding carboxylic acids is 2. The van der Waals surface area contributed by atoms with Crippen molar-refractivity contribution in [2.75, 3.05) is 13.1 Å². The van der Waals surface area contributed by atoms with Crippen molar-refractivity contribution in [3.8, 4) is 0 Å². The second-order valence-electron chi connectivity index (χ2n) is 6.41. The van der Waals surface area contributed by atoms with Crippen molar-refractivity contribution in [1.29, 1.82) is 0 Å². The molecule has 0 aromatic carbocycles. The Morgan fingerprint density at radius 3 is 2.82 bits per heavy atom. The first-order chi connectivity index (χ1) is 10.3. The number of ether oxygens (including phenoxy) is 1. The number of carbonyl (C=O) groups is 2. The van der Waals surface area contributed by atoms with Gasteiger partial charge in [0.1, 0.15) is 5.60 Å². The summed E-state index contributed by atoms with van der Waals surface area (Å²) < 4.78 is 10.3. The molecule has 1 aliphatic heterocycles. The van der Waals surface area contributed by atoms with Crippen LogP contribution in [0.2, 0.25) is 0 Å². The van der Waals surface area contributed by atoms with E-state index in [-0.39, 0.29) is 18.9 Å². The molecule has 0 radical (unpaired) electrons. The molecule has 0 unspecified atom stereocenters. The van der Waals surface area contributed by atoms with Crippen LogP contribution >= 0.6 is 0 Å². The summed E-state index contributed by atoms with van der Waals surface area (Å²) in [6.45, 7) is 8.65. The van der Waals surface area contributed by atoms with E-state index in [2.05, 4.69) is 10.5 Å². The largest absolute Gasteiger partial charge is 0.444 e. The first-order valence-corrected chi connectivity index (χ1v) is 7.45. The zero-order chi connectivity index (χ0) is 16.3. The van der Waals surface area contributed by atoms with E-state index in [0.29, 0.717) is 13.1 Å². The molecule has 2 rings (SSSR count). The van der Waals surface area contributed by atoms with Crippen molar-refractivity contribution in [2.24, 2.45) is 0 Å². The minimum absolute atomic E-state index is 0.0178. The third kappa shape index (κ3) is 4.22. The molecule has 2 amide bonds. The average molecular weight is 309 g/mol. The van der Waals surface area contributed by atoms with E-state index in [4.69, 9.17) is 9.26 Å². The molecule has 1 aromatic heterocycles. The lowest BCUT2D eigenvalue weighted by Gasteiger charge is -2.26.